The summed E-state index contributed by atoms with van der Waals surface area (Å²) in [5.41, 5.74) is 2.88. The third-order valence-corrected chi connectivity index (χ3v) is 6.19. The number of carbonyl (C=O) groups excluding carboxylic acids is 1. The van der Waals surface area contributed by atoms with Crippen molar-refractivity contribution in [1.82, 2.24) is 5.32 Å². The Morgan fingerprint density at radius 2 is 1.93 bits per heavy atom. The Morgan fingerprint density at radius 1 is 1.17 bits per heavy atom. The monoisotopic (exact) mass is 436 g/mol. The number of aryl methyl sites for hydroxylation is 1. The van der Waals surface area contributed by atoms with E-state index in [9.17, 15) is 13.2 Å². The van der Waals surface area contributed by atoms with Crippen LogP contribution in [0.4, 0.5) is 5.69 Å². The van der Waals surface area contributed by atoms with Crippen molar-refractivity contribution in [2.75, 3.05) is 36.0 Å². The number of nitrogens with one attached hydrogen (secondary N) is 1. The smallest absolute Gasteiger partial charge is 0.240 e. The van der Waals surface area contributed by atoms with Crippen molar-refractivity contribution in [3.63, 3.8) is 0 Å². The Hall–Kier alpha value is -2.19. The van der Waals surface area contributed by atoms with Crippen LogP contribution in [0, 0.1) is 6.92 Å². The molecule has 0 spiro atoms. The van der Waals surface area contributed by atoms with Crippen LogP contribution in [-0.4, -0.2) is 46.0 Å². The van der Waals surface area contributed by atoms with Gasteiger partial charge in [0.15, 0.2) is 0 Å². The van der Waals surface area contributed by atoms with Crippen LogP contribution in [-0.2, 0) is 20.6 Å². The summed E-state index contributed by atoms with van der Waals surface area (Å²) in [4.78, 5) is 12.3. The summed E-state index contributed by atoms with van der Waals surface area (Å²) >= 11 is 1.72. The van der Waals surface area contributed by atoms with E-state index >= 15 is 0 Å². The molecule has 0 heterocycles. The largest absolute Gasteiger partial charge is 0.494 e. The Kier molecular flexibility index (Phi) is 8.85. The highest BCUT2D eigenvalue weighted by molar-refractivity contribution is 7.98. The number of amides is 1. The lowest BCUT2D eigenvalue weighted by molar-refractivity contribution is -0.119. The fourth-order valence-electron chi connectivity index (χ4n) is 2.74. The average molecular weight is 437 g/mol. The SMILES string of the molecule is CCOc1cccc(N(CC(=O)NCCSCc2cccc(C)c2)S(C)(=O)=O)c1. The fraction of sp³-hybridized carbons (Fsp3) is 0.381. The Balaban J connectivity index is 1.86. The maximum Gasteiger partial charge on any atom is 0.240 e. The summed E-state index contributed by atoms with van der Waals surface area (Å²) in [6.07, 6.45) is 1.09. The molecule has 29 heavy (non-hydrogen) atoms. The first kappa shape index (κ1) is 23.1. The lowest BCUT2D eigenvalue weighted by Crippen LogP contribution is -2.41. The van der Waals surface area contributed by atoms with Gasteiger partial charge in [-0.05, 0) is 31.5 Å². The van der Waals surface area contributed by atoms with Crippen LogP contribution in [0.25, 0.3) is 0 Å². The summed E-state index contributed by atoms with van der Waals surface area (Å²) in [5, 5.41) is 2.80. The third-order valence-electron chi connectivity index (χ3n) is 4.02. The summed E-state index contributed by atoms with van der Waals surface area (Å²) in [6.45, 7) is 4.60. The molecule has 0 saturated carbocycles. The number of sulfonamides is 1. The van der Waals surface area contributed by atoms with Gasteiger partial charge in [0.25, 0.3) is 0 Å². The maximum atomic E-state index is 12.3. The Bertz CT molecular complexity index is 916. The first-order valence-electron chi connectivity index (χ1n) is 9.40. The maximum absolute atomic E-state index is 12.3. The number of carbonyl (C=O) groups is 1. The predicted octanol–water partition coefficient (Wildman–Crippen LogP) is 3.21. The van der Waals surface area contributed by atoms with Gasteiger partial charge in [-0.2, -0.15) is 11.8 Å². The molecular weight excluding hydrogens is 408 g/mol. The molecule has 0 bridgehead atoms. The first-order chi connectivity index (χ1) is 13.8. The number of benzene rings is 2. The standard InChI is InChI=1S/C21H28N2O4S2/c1-4-27-20-10-6-9-19(14-20)23(29(3,25)26)15-21(24)22-11-12-28-16-18-8-5-7-17(2)13-18/h5-10,13-14H,4,11-12,15-16H2,1-3H3,(H,22,24). The molecule has 6 nitrogen and oxygen atoms in total. The van der Waals surface area contributed by atoms with Crippen LogP contribution < -0.4 is 14.4 Å². The zero-order valence-electron chi connectivity index (χ0n) is 17.1. The minimum Gasteiger partial charge on any atom is -0.494 e. The lowest BCUT2D eigenvalue weighted by atomic mass is 10.2. The van der Waals surface area contributed by atoms with Crippen molar-refractivity contribution >= 4 is 33.4 Å². The van der Waals surface area contributed by atoms with E-state index in [1.807, 2.05) is 13.0 Å². The second-order valence-electron chi connectivity index (χ2n) is 6.59. The number of rotatable bonds is 11. The number of hydrogen-bond donors (Lipinski definition) is 1. The molecule has 2 aromatic rings. The van der Waals surface area contributed by atoms with E-state index < -0.39 is 10.0 Å². The number of ether oxygens (including phenoxy) is 1. The molecule has 0 radical (unpaired) electrons. The molecule has 1 N–H and O–H groups in total. The van der Waals surface area contributed by atoms with E-state index in [4.69, 9.17) is 4.74 Å². The summed E-state index contributed by atoms with van der Waals surface area (Å²) in [7, 11) is -3.61. The highest BCUT2D eigenvalue weighted by atomic mass is 32.2. The molecule has 0 unspecified atom stereocenters. The quantitative estimate of drug-likeness (QED) is 0.548. The molecule has 158 valence electrons. The Morgan fingerprint density at radius 3 is 2.62 bits per heavy atom. The van der Waals surface area contributed by atoms with Crippen molar-refractivity contribution < 1.29 is 17.9 Å². The fourth-order valence-corrected chi connectivity index (χ4v) is 4.39. The molecule has 0 aliphatic carbocycles. The number of thioether (sulfide) groups is 1. The van der Waals surface area contributed by atoms with Crippen molar-refractivity contribution in [1.29, 1.82) is 0 Å². The number of hydrogen-bond acceptors (Lipinski definition) is 5. The zero-order valence-corrected chi connectivity index (χ0v) is 18.7. The van der Waals surface area contributed by atoms with Gasteiger partial charge in [-0.25, -0.2) is 8.42 Å². The molecule has 0 fully saturated rings. The molecule has 1 amide bonds. The average Bonchev–Trinajstić information content (AvgIpc) is 2.65. The van der Waals surface area contributed by atoms with Gasteiger partial charge in [0.1, 0.15) is 12.3 Å². The summed E-state index contributed by atoms with van der Waals surface area (Å²) < 4.78 is 30.9. The van der Waals surface area contributed by atoms with Crippen LogP contribution in [0.3, 0.4) is 0 Å². The molecule has 8 heteroatoms. The molecule has 2 rings (SSSR count). The first-order valence-corrected chi connectivity index (χ1v) is 12.4. The van der Waals surface area contributed by atoms with Crippen molar-refractivity contribution in [2.45, 2.75) is 19.6 Å². The van der Waals surface area contributed by atoms with Gasteiger partial charge < -0.3 is 10.1 Å². The minimum absolute atomic E-state index is 0.267. The van der Waals surface area contributed by atoms with Gasteiger partial charge >= 0.3 is 0 Å². The molecule has 0 atom stereocenters. The van der Waals surface area contributed by atoms with E-state index in [1.165, 1.54) is 11.1 Å². The summed E-state index contributed by atoms with van der Waals surface area (Å²) in [6, 6.07) is 15.0. The van der Waals surface area contributed by atoms with Crippen LogP contribution in [0.5, 0.6) is 5.75 Å². The molecule has 0 aliphatic rings. The van der Waals surface area contributed by atoms with E-state index in [0.717, 1.165) is 22.1 Å². The number of nitrogens with zero attached hydrogens (tertiary/aromatic N) is 1. The topological polar surface area (TPSA) is 75.7 Å². The van der Waals surface area contributed by atoms with E-state index in [2.05, 4.69) is 30.4 Å². The van der Waals surface area contributed by atoms with Gasteiger partial charge in [0.2, 0.25) is 15.9 Å². The van der Waals surface area contributed by atoms with Gasteiger partial charge in [-0.1, -0.05) is 35.9 Å². The highest BCUT2D eigenvalue weighted by Gasteiger charge is 2.21. The van der Waals surface area contributed by atoms with Gasteiger partial charge in [0.05, 0.1) is 18.6 Å². The lowest BCUT2D eigenvalue weighted by Gasteiger charge is -2.22. The van der Waals surface area contributed by atoms with E-state index in [1.54, 1.807) is 36.0 Å². The highest BCUT2D eigenvalue weighted by Crippen LogP contribution is 2.23. The second-order valence-corrected chi connectivity index (χ2v) is 9.60. The van der Waals surface area contributed by atoms with Crippen LogP contribution in [0.15, 0.2) is 48.5 Å². The normalized spacial score (nSPS) is 11.1. The van der Waals surface area contributed by atoms with Gasteiger partial charge in [-0.15, -0.1) is 0 Å². The van der Waals surface area contributed by atoms with E-state index in [-0.39, 0.29) is 12.5 Å². The molecule has 2 aromatic carbocycles. The molecule has 0 aliphatic heterocycles. The zero-order chi connectivity index (χ0) is 21.3. The summed E-state index contributed by atoms with van der Waals surface area (Å²) in [5.74, 6) is 1.84. The van der Waals surface area contributed by atoms with Crippen molar-refractivity contribution in [3.8, 4) is 5.75 Å². The molecular formula is C21H28N2O4S2. The van der Waals surface area contributed by atoms with Crippen molar-refractivity contribution in [2.24, 2.45) is 0 Å². The molecule has 0 aromatic heterocycles. The van der Waals surface area contributed by atoms with Crippen molar-refractivity contribution in [3.05, 3.63) is 59.7 Å². The van der Waals surface area contributed by atoms with E-state index in [0.29, 0.717) is 24.6 Å². The van der Waals surface area contributed by atoms with Crippen LogP contribution >= 0.6 is 11.8 Å². The van der Waals surface area contributed by atoms with Gasteiger partial charge in [0, 0.05) is 24.1 Å². The minimum atomic E-state index is -3.61. The van der Waals surface area contributed by atoms with Crippen LogP contribution in [0.2, 0.25) is 0 Å². The van der Waals surface area contributed by atoms with Gasteiger partial charge in [-0.3, -0.25) is 9.10 Å². The molecule has 0 saturated heterocycles. The van der Waals surface area contributed by atoms with Crippen LogP contribution in [0.1, 0.15) is 18.1 Å². The third kappa shape index (κ3) is 7.98. The second kappa shape index (κ2) is 11.1. The Labute approximate surface area is 177 Å². The predicted molar refractivity (Wildman–Crippen MR) is 120 cm³/mol. The number of anilines is 1.